The van der Waals surface area contributed by atoms with Crippen LogP contribution in [0.5, 0.6) is 0 Å². The van der Waals surface area contributed by atoms with Crippen molar-refractivity contribution in [1.29, 1.82) is 0 Å². The molecule has 9 aromatic rings. The van der Waals surface area contributed by atoms with Crippen molar-refractivity contribution in [2.24, 2.45) is 5.92 Å². The maximum atomic E-state index is 6.88. The van der Waals surface area contributed by atoms with E-state index in [4.69, 9.17) is 8.83 Å². The molecule has 0 fully saturated rings. The molecule has 51 heavy (non-hydrogen) atoms. The maximum absolute atomic E-state index is 6.88. The SMILES string of the molecule is C1=CCC(C2=CC(c3cccc4c3oc3cc(-c5cccc6c5sc5ccccc56)ccc34)NC(c3cccc4oc5ccccc5c34)N2)C=C1. The van der Waals surface area contributed by atoms with Crippen LogP contribution in [0.25, 0.3) is 75.2 Å². The van der Waals surface area contributed by atoms with E-state index in [1.165, 1.54) is 42.6 Å². The quantitative estimate of drug-likeness (QED) is 0.195. The fraction of sp³-hybridized carbons (Fsp3) is 0.0870. The molecular formula is C46H32N2O2S. The second kappa shape index (κ2) is 11.3. The molecule has 6 aromatic carbocycles. The summed E-state index contributed by atoms with van der Waals surface area (Å²) >= 11 is 1.86. The van der Waals surface area contributed by atoms with Gasteiger partial charge in [0.25, 0.3) is 0 Å². The monoisotopic (exact) mass is 676 g/mol. The minimum atomic E-state index is -0.146. The molecule has 3 unspecified atom stereocenters. The molecule has 1 aliphatic carbocycles. The molecule has 0 bridgehead atoms. The van der Waals surface area contributed by atoms with Gasteiger partial charge in [0.05, 0.1) is 6.04 Å². The van der Waals surface area contributed by atoms with E-state index in [0.717, 1.165) is 55.9 Å². The molecule has 2 N–H and O–H groups in total. The highest BCUT2D eigenvalue weighted by molar-refractivity contribution is 7.26. The van der Waals surface area contributed by atoms with Crippen LogP contribution in [-0.2, 0) is 0 Å². The maximum Gasteiger partial charge on any atom is 0.140 e. The molecule has 2 aliphatic rings. The number of para-hydroxylation sites is 2. The number of rotatable bonds is 4. The van der Waals surface area contributed by atoms with Crippen LogP contribution in [0, 0.1) is 5.92 Å². The highest BCUT2D eigenvalue weighted by Crippen LogP contribution is 2.43. The Morgan fingerprint density at radius 3 is 2.37 bits per heavy atom. The average Bonchev–Trinajstić information content (AvgIpc) is 3.89. The Hall–Kier alpha value is -5.88. The zero-order chi connectivity index (χ0) is 33.5. The first kappa shape index (κ1) is 28.9. The number of hydrogen-bond acceptors (Lipinski definition) is 5. The fourth-order valence-corrected chi connectivity index (χ4v) is 9.54. The van der Waals surface area contributed by atoms with E-state index < -0.39 is 0 Å². The van der Waals surface area contributed by atoms with E-state index in [1.807, 2.05) is 23.5 Å². The highest BCUT2D eigenvalue weighted by Gasteiger charge is 2.30. The van der Waals surface area contributed by atoms with Crippen LogP contribution in [0.2, 0.25) is 0 Å². The third-order valence-electron chi connectivity index (χ3n) is 10.7. The predicted octanol–water partition coefficient (Wildman–Crippen LogP) is 12.5. The fourth-order valence-electron chi connectivity index (χ4n) is 8.30. The average molecular weight is 677 g/mol. The Morgan fingerprint density at radius 2 is 1.43 bits per heavy atom. The zero-order valence-electron chi connectivity index (χ0n) is 27.6. The molecule has 0 radical (unpaired) electrons. The third kappa shape index (κ3) is 4.55. The van der Waals surface area contributed by atoms with Gasteiger partial charge >= 0.3 is 0 Å². The summed E-state index contributed by atoms with van der Waals surface area (Å²) in [6.07, 6.45) is 12.0. The van der Waals surface area contributed by atoms with E-state index in [9.17, 15) is 0 Å². The zero-order valence-corrected chi connectivity index (χ0v) is 28.4. The Balaban J connectivity index is 1.05. The minimum Gasteiger partial charge on any atom is -0.456 e. The van der Waals surface area contributed by atoms with Gasteiger partial charge in [-0.2, -0.15) is 0 Å². The Morgan fingerprint density at radius 1 is 0.627 bits per heavy atom. The number of allylic oxidation sites excluding steroid dienone is 4. The molecule has 1 aliphatic heterocycles. The number of thiophene rings is 1. The van der Waals surface area contributed by atoms with Gasteiger partial charge in [0, 0.05) is 64.5 Å². The summed E-state index contributed by atoms with van der Waals surface area (Å²) in [4.78, 5) is 0. The molecule has 244 valence electrons. The molecule has 11 rings (SSSR count). The van der Waals surface area contributed by atoms with Crippen molar-refractivity contribution in [3.63, 3.8) is 0 Å². The molecule has 4 heterocycles. The third-order valence-corrected chi connectivity index (χ3v) is 11.9. The van der Waals surface area contributed by atoms with Crippen LogP contribution < -0.4 is 10.6 Å². The van der Waals surface area contributed by atoms with Gasteiger partial charge in [-0.25, -0.2) is 0 Å². The number of nitrogens with one attached hydrogen (secondary N) is 2. The summed E-state index contributed by atoms with van der Waals surface area (Å²) in [7, 11) is 0. The Labute approximate surface area is 298 Å². The molecule has 0 saturated heterocycles. The largest absolute Gasteiger partial charge is 0.456 e. The first-order valence-corrected chi connectivity index (χ1v) is 18.4. The molecule has 0 spiro atoms. The molecule has 5 heteroatoms. The molecule has 0 saturated carbocycles. The van der Waals surface area contributed by atoms with Gasteiger partial charge in [-0.15, -0.1) is 11.3 Å². The van der Waals surface area contributed by atoms with E-state index in [2.05, 4.69) is 150 Å². The molecular weight excluding hydrogens is 645 g/mol. The van der Waals surface area contributed by atoms with E-state index in [0.29, 0.717) is 0 Å². The summed E-state index contributed by atoms with van der Waals surface area (Å²) in [5.74, 6) is 0.261. The van der Waals surface area contributed by atoms with Gasteiger partial charge in [0.15, 0.2) is 0 Å². The summed E-state index contributed by atoms with van der Waals surface area (Å²) in [5, 5.41) is 15.0. The van der Waals surface area contributed by atoms with E-state index in [-0.39, 0.29) is 18.1 Å². The molecule has 0 amide bonds. The van der Waals surface area contributed by atoms with Crippen LogP contribution in [-0.4, -0.2) is 0 Å². The summed E-state index contributed by atoms with van der Waals surface area (Å²) < 4.78 is 15.8. The summed E-state index contributed by atoms with van der Waals surface area (Å²) in [5.41, 5.74) is 9.52. The summed E-state index contributed by atoms with van der Waals surface area (Å²) in [6, 6.07) is 43.2. The van der Waals surface area contributed by atoms with Crippen LogP contribution in [0.4, 0.5) is 0 Å². The van der Waals surface area contributed by atoms with Crippen LogP contribution in [0.1, 0.15) is 29.8 Å². The second-order valence-electron chi connectivity index (χ2n) is 13.6. The van der Waals surface area contributed by atoms with Gasteiger partial charge in [-0.1, -0.05) is 115 Å². The van der Waals surface area contributed by atoms with Crippen molar-refractivity contribution >= 4 is 75.4 Å². The van der Waals surface area contributed by atoms with Crippen LogP contribution >= 0.6 is 11.3 Å². The normalized spacial score (nSPS) is 19.1. The molecule has 3 atom stereocenters. The van der Waals surface area contributed by atoms with E-state index >= 15 is 0 Å². The smallest absolute Gasteiger partial charge is 0.140 e. The van der Waals surface area contributed by atoms with Crippen molar-refractivity contribution in [2.75, 3.05) is 0 Å². The lowest BCUT2D eigenvalue weighted by atomic mass is 9.90. The molecule has 4 nitrogen and oxygen atoms in total. The van der Waals surface area contributed by atoms with Crippen molar-refractivity contribution in [2.45, 2.75) is 18.6 Å². The first-order valence-electron chi connectivity index (χ1n) is 17.6. The molecule has 3 aromatic heterocycles. The van der Waals surface area contributed by atoms with Gasteiger partial charge < -0.3 is 14.2 Å². The van der Waals surface area contributed by atoms with Crippen LogP contribution in [0.3, 0.4) is 0 Å². The number of furan rings is 2. The number of fused-ring (bicyclic) bond motifs is 9. The lowest BCUT2D eigenvalue weighted by Crippen LogP contribution is -2.42. The lowest BCUT2D eigenvalue weighted by Gasteiger charge is -2.35. The highest BCUT2D eigenvalue weighted by atomic mass is 32.1. The van der Waals surface area contributed by atoms with Gasteiger partial charge in [0.2, 0.25) is 0 Å². The minimum absolute atomic E-state index is 0.0880. The van der Waals surface area contributed by atoms with Crippen LogP contribution in [0.15, 0.2) is 166 Å². The summed E-state index contributed by atoms with van der Waals surface area (Å²) in [6.45, 7) is 0. The van der Waals surface area contributed by atoms with Gasteiger partial charge in [0.1, 0.15) is 28.5 Å². The van der Waals surface area contributed by atoms with Gasteiger partial charge in [-0.3, -0.25) is 5.32 Å². The first-order chi connectivity index (χ1) is 25.3. The van der Waals surface area contributed by atoms with Crippen molar-refractivity contribution in [3.8, 4) is 11.1 Å². The number of hydrogen-bond donors (Lipinski definition) is 2. The van der Waals surface area contributed by atoms with Gasteiger partial charge in [-0.05, 0) is 54.0 Å². The number of benzene rings is 6. The lowest BCUT2D eigenvalue weighted by molar-refractivity contribution is 0.397. The van der Waals surface area contributed by atoms with Crippen molar-refractivity contribution < 1.29 is 8.83 Å². The van der Waals surface area contributed by atoms with Crippen molar-refractivity contribution in [1.82, 2.24) is 10.6 Å². The standard InChI is InChI=1S/C46H32N2O2S/c1-2-11-27(12-3-1)37-26-38(48-46(47-37)36-19-10-21-40-43(36)35-14-4-6-20-39(35)49-40)34-18-9-16-32-30-24-23-28(25-41(30)50-44(32)34)29-15-8-17-33-31-13-5-7-22-42(31)51-45(29)33/h1-11,13-27,38,46-48H,12H2. The van der Waals surface area contributed by atoms with Crippen molar-refractivity contribution in [3.05, 3.63) is 169 Å². The topological polar surface area (TPSA) is 50.3 Å². The Kier molecular flexibility index (Phi) is 6.42. The predicted molar refractivity (Wildman–Crippen MR) is 212 cm³/mol. The Bertz CT molecular complexity index is 2940. The van der Waals surface area contributed by atoms with E-state index in [1.54, 1.807) is 0 Å². The second-order valence-corrected chi connectivity index (χ2v) is 14.7.